The summed E-state index contributed by atoms with van der Waals surface area (Å²) in [5, 5.41) is 0. The summed E-state index contributed by atoms with van der Waals surface area (Å²) < 4.78 is 14.6. The average Bonchev–Trinajstić information content (AvgIpc) is 2.50. The molecule has 0 saturated carbocycles. The van der Waals surface area contributed by atoms with Crippen molar-refractivity contribution in [2.45, 2.75) is 44.4 Å². The lowest BCUT2D eigenvalue weighted by Gasteiger charge is -2.26. The second-order valence-corrected chi connectivity index (χ2v) is 8.30. The highest BCUT2D eigenvalue weighted by Gasteiger charge is 2.20. The van der Waals surface area contributed by atoms with Crippen molar-refractivity contribution in [3.05, 3.63) is 35.9 Å². The molecule has 1 N–H and O–H groups in total. The van der Waals surface area contributed by atoms with Gasteiger partial charge in [0.05, 0.1) is 14.2 Å². The van der Waals surface area contributed by atoms with E-state index in [-0.39, 0.29) is 10.8 Å². The fraction of sp³-hybridized carbons (Fsp3) is 0.556. The van der Waals surface area contributed by atoms with Crippen LogP contribution >= 0.6 is 23.5 Å². The van der Waals surface area contributed by atoms with Gasteiger partial charge in [-0.1, -0.05) is 18.0 Å². The minimum atomic E-state index is 0.128. The number of hydrogen-bond donors (Lipinski definition) is 1. The molecule has 0 aromatic heterocycles. The van der Waals surface area contributed by atoms with Crippen LogP contribution in [0.2, 0.25) is 0 Å². The first-order chi connectivity index (χ1) is 10.9. The molecule has 0 aliphatic carbocycles. The van der Waals surface area contributed by atoms with E-state index in [2.05, 4.69) is 32.1 Å². The van der Waals surface area contributed by atoms with E-state index in [1.165, 1.54) is 11.1 Å². The Hall–Kier alpha value is -0.840. The number of ether oxygens (including phenoxy) is 2. The normalized spacial score (nSPS) is 12.8. The van der Waals surface area contributed by atoms with Crippen LogP contribution in [0, 0.1) is 0 Å². The van der Waals surface area contributed by atoms with E-state index in [1.54, 1.807) is 26.2 Å². The second-order valence-electron chi connectivity index (χ2n) is 6.25. The maximum Gasteiger partial charge on any atom is 0.161 e. The van der Waals surface area contributed by atoms with Gasteiger partial charge in [0.1, 0.15) is 0 Å². The smallest absolute Gasteiger partial charge is 0.161 e. The largest absolute Gasteiger partial charge is 0.493 e. The molecule has 0 fully saturated rings. The van der Waals surface area contributed by atoms with Gasteiger partial charge in [-0.3, -0.25) is 4.72 Å². The number of methoxy groups -OCH3 is 2. The van der Waals surface area contributed by atoms with Crippen LogP contribution in [0.25, 0.3) is 0 Å². The van der Waals surface area contributed by atoms with E-state index < -0.39 is 0 Å². The molecule has 0 heterocycles. The number of rotatable bonds is 9. The molecule has 1 rings (SSSR count). The quantitative estimate of drug-likeness (QED) is 0.376. The van der Waals surface area contributed by atoms with Crippen molar-refractivity contribution >= 4 is 23.5 Å². The first kappa shape index (κ1) is 20.2. The van der Waals surface area contributed by atoms with Gasteiger partial charge >= 0.3 is 0 Å². The van der Waals surface area contributed by atoms with Crippen LogP contribution in [0.3, 0.4) is 0 Å². The molecule has 0 bridgehead atoms. The SMILES string of the molecule is C=CC[C@@H](NSC(C)(C)C)c1cc(OC)c(OC)cc1CCCl. The van der Waals surface area contributed by atoms with Crippen LogP contribution in [0.4, 0.5) is 0 Å². The molecule has 0 saturated heterocycles. The molecule has 1 aromatic rings. The van der Waals surface area contributed by atoms with Gasteiger partial charge in [-0.25, -0.2) is 0 Å². The first-order valence-electron chi connectivity index (χ1n) is 7.71. The van der Waals surface area contributed by atoms with E-state index >= 15 is 0 Å². The lowest BCUT2D eigenvalue weighted by molar-refractivity contribution is 0.353. The molecule has 3 nitrogen and oxygen atoms in total. The average molecular weight is 358 g/mol. The second kappa shape index (κ2) is 9.45. The van der Waals surface area contributed by atoms with Crippen molar-refractivity contribution in [3.63, 3.8) is 0 Å². The minimum absolute atomic E-state index is 0.128. The Morgan fingerprint density at radius 1 is 1.26 bits per heavy atom. The standard InChI is InChI=1S/C18H28ClNO2S/c1-7-8-15(20-23-18(2,3)4)14-12-17(22-6)16(21-5)11-13(14)9-10-19/h7,11-12,15,20H,1,8-10H2,2-6H3/t15-/m1/s1. The molecule has 0 amide bonds. The highest BCUT2D eigenvalue weighted by Crippen LogP contribution is 2.36. The summed E-state index contributed by atoms with van der Waals surface area (Å²) in [7, 11) is 3.31. The molecule has 0 unspecified atom stereocenters. The fourth-order valence-electron chi connectivity index (χ4n) is 2.23. The monoisotopic (exact) mass is 357 g/mol. The summed E-state index contributed by atoms with van der Waals surface area (Å²) in [6.45, 7) is 10.4. The Morgan fingerprint density at radius 2 is 1.87 bits per heavy atom. The van der Waals surface area contributed by atoms with Gasteiger partial charge in [0.2, 0.25) is 0 Å². The number of halogens is 1. The van der Waals surface area contributed by atoms with Gasteiger partial charge in [-0.05, 0) is 56.9 Å². The molecule has 0 aliphatic rings. The van der Waals surface area contributed by atoms with Gasteiger partial charge in [0.15, 0.2) is 11.5 Å². The number of hydrogen-bond acceptors (Lipinski definition) is 4. The van der Waals surface area contributed by atoms with Crippen molar-refractivity contribution in [3.8, 4) is 11.5 Å². The van der Waals surface area contributed by atoms with Gasteiger partial charge in [-0.15, -0.1) is 18.2 Å². The molecule has 0 spiro atoms. The fourth-order valence-corrected chi connectivity index (χ4v) is 3.16. The van der Waals surface area contributed by atoms with E-state index in [0.717, 1.165) is 24.3 Å². The predicted octanol–water partition coefficient (Wildman–Crippen LogP) is 5.14. The van der Waals surface area contributed by atoms with Crippen molar-refractivity contribution in [2.24, 2.45) is 0 Å². The van der Waals surface area contributed by atoms with Crippen LogP contribution in [-0.4, -0.2) is 24.8 Å². The van der Waals surface area contributed by atoms with E-state index in [0.29, 0.717) is 5.88 Å². The summed E-state index contributed by atoms with van der Waals surface area (Å²) in [6.07, 6.45) is 3.54. The Balaban J connectivity index is 3.23. The van der Waals surface area contributed by atoms with Gasteiger partial charge in [0.25, 0.3) is 0 Å². The minimum Gasteiger partial charge on any atom is -0.493 e. The zero-order valence-corrected chi connectivity index (χ0v) is 16.3. The predicted molar refractivity (Wildman–Crippen MR) is 102 cm³/mol. The molecule has 0 aliphatic heterocycles. The van der Waals surface area contributed by atoms with Crippen molar-refractivity contribution in [2.75, 3.05) is 20.1 Å². The third-order valence-electron chi connectivity index (χ3n) is 3.29. The molecule has 1 aromatic carbocycles. The highest BCUT2D eigenvalue weighted by molar-refractivity contribution is 7.98. The topological polar surface area (TPSA) is 30.5 Å². The summed E-state index contributed by atoms with van der Waals surface area (Å²) in [5.74, 6) is 2.03. The lowest BCUT2D eigenvalue weighted by Crippen LogP contribution is -2.22. The molecule has 130 valence electrons. The number of aryl methyl sites for hydroxylation is 1. The molecule has 5 heteroatoms. The number of nitrogens with one attached hydrogen (secondary N) is 1. The summed E-state index contributed by atoms with van der Waals surface area (Å²) >= 11 is 7.71. The maximum absolute atomic E-state index is 5.99. The van der Waals surface area contributed by atoms with Crippen LogP contribution in [0.15, 0.2) is 24.8 Å². The van der Waals surface area contributed by atoms with Crippen molar-refractivity contribution < 1.29 is 9.47 Å². The van der Waals surface area contributed by atoms with Gasteiger partial charge in [0, 0.05) is 16.7 Å². The molecule has 0 radical (unpaired) electrons. The molecular weight excluding hydrogens is 330 g/mol. The number of benzene rings is 1. The van der Waals surface area contributed by atoms with E-state index in [1.807, 2.05) is 18.2 Å². The zero-order valence-electron chi connectivity index (χ0n) is 14.7. The summed E-state index contributed by atoms with van der Waals surface area (Å²) in [5.41, 5.74) is 2.35. The highest BCUT2D eigenvalue weighted by atomic mass is 35.5. The van der Waals surface area contributed by atoms with Crippen molar-refractivity contribution in [1.82, 2.24) is 4.72 Å². The number of alkyl halides is 1. The Morgan fingerprint density at radius 3 is 2.35 bits per heavy atom. The van der Waals surface area contributed by atoms with Crippen LogP contribution in [-0.2, 0) is 6.42 Å². The maximum atomic E-state index is 5.99. The van der Waals surface area contributed by atoms with Crippen LogP contribution in [0.1, 0.15) is 44.4 Å². The van der Waals surface area contributed by atoms with Crippen LogP contribution < -0.4 is 14.2 Å². The molecule has 1 atom stereocenters. The third kappa shape index (κ3) is 6.28. The molecule has 23 heavy (non-hydrogen) atoms. The van der Waals surface area contributed by atoms with E-state index in [9.17, 15) is 0 Å². The third-order valence-corrected chi connectivity index (χ3v) is 4.50. The van der Waals surface area contributed by atoms with Crippen LogP contribution in [0.5, 0.6) is 11.5 Å². The van der Waals surface area contributed by atoms with Crippen molar-refractivity contribution in [1.29, 1.82) is 0 Å². The zero-order chi connectivity index (χ0) is 17.5. The van der Waals surface area contributed by atoms with Gasteiger partial charge < -0.3 is 9.47 Å². The Labute approximate surface area is 149 Å². The van der Waals surface area contributed by atoms with Gasteiger partial charge in [-0.2, -0.15) is 0 Å². The Bertz CT molecular complexity index is 514. The molecular formula is C18H28ClNO2S. The van der Waals surface area contributed by atoms with E-state index in [4.69, 9.17) is 21.1 Å². The Kier molecular flexibility index (Phi) is 8.31. The summed E-state index contributed by atoms with van der Waals surface area (Å²) in [6, 6.07) is 4.22. The lowest BCUT2D eigenvalue weighted by atomic mass is 9.96. The summed E-state index contributed by atoms with van der Waals surface area (Å²) in [4.78, 5) is 0. The first-order valence-corrected chi connectivity index (χ1v) is 9.06.